The lowest BCUT2D eigenvalue weighted by atomic mass is 10.0. The monoisotopic (exact) mass is 226 g/mol. The summed E-state index contributed by atoms with van der Waals surface area (Å²) in [4.78, 5) is 2.26. The minimum absolute atomic E-state index is 0.108. The van der Waals surface area contributed by atoms with Crippen LogP contribution in [0, 0.1) is 0 Å². The van der Waals surface area contributed by atoms with E-state index in [0.717, 1.165) is 30.1 Å². The zero-order valence-corrected chi connectivity index (χ0v) is 10.2. The molecule has 0 saturated heterocycles. The number of halogens is 1. The summed E-state index contributed by atoms with van der Waals surface area (Å²) in [7, 11) is 2.11. The van der Waals surface area contributed by atoms with E-state index in [0.29, 0.717) is 0 Å². The van der Waals surface area contributed by atoms with Gasteiger partial charge in [0.2, 0.25) is 0 Å². The molecule has 0 bridgehead atoms. The minimum Gasteiger partial charge on any atom is -0.324 e. The lowest BCUT2D eigenvalue weighted by Gasteiger charge is -2.17. The van der Waals surface area contributed by atoms with Gasteiger partial charge in [0.15, 0.2) is 0 Å². The second-order valence-electron chi connectivity index (χ2n) is 3.84. The Labute approximate surface area is 97.0 Å². The molecule has 1 rings (SSSR count). The number of nitrogens with two attached hydrogens (primary N) is 1. The fraction of sp³-hybridized carbons (Fsp3) is 0.500. The van der Waals surface area contributed by atoms with E-state index in [4.69, 9.17) is 17.3 Å². The van der Waals surface area contributed by atoms with Crippen molar-refractivity contribution in [2.75, 3.05) is 20.1 Å². The van der Waals surface area contributed by atoms with Gasteiger partial charge in [0.05, 0.1) is 0 Å². The maximum absolute atomic E-state index is 6.08. The van der Waals surface area contributed by atoms with E-state index in [2.05, 4.69) is 18.9 Å². The fourth-order valence-electron chi connectivity index (χ4n) is 1.39. The predicted molar refractivity (Wildman–Crippen MR) is 66.2 cm³/mol. The van der Waals surface area contributed by atoms with Crippen LogP contribution in [0.15, 0.2) is 24.3 Å². The van der Waals surface area contributed by atoms with E-state index >= 15 is 0 Å². The molecule has 3 heteroatoms. The Hall–Kier alpha value is -0.570. The summed E-state index contributed by atoms with van der Waals surface area (Å²) in [5.74, 6) is 0. The van der Waals surface area contributed by atoms with Gasteiger partial charge in [-0.15, -0.1) is 0 Å². The molecule has 0 aliphatic carbocycles. The van der Waals surface area contributed by atoms with Crippen LogP contribution < -0.4 is 5.73 Å². The topological polar surface area (TPSA) is 29.3 Å². The average Bonchev–Trinajstić information content (AvgIpc) is 2.26. The van der Waals surface area contributed by atoms with Crippen LogP contribution in [0.1, 0.15) is 24.9 Å². The molecule has 1 aromatic carbocycles. The normalized spacial score (nSPS) is 13.1. The van der Waals surface area contributed by atoms with Crippen molar-refractivity contribution in [1.82, 2.24) is 4.90 Å². The quantitative estimate of drug-likeness (QED) is 0.837. The molecule has 0 saturated carbocycles. The van der Waals surface area contributed by atoms with Crippen molar-refractivity contribution in [3.63, 3.8) is 0 Å². The summed E-state index contributed by atoms with van der Waals surface area (Å²) < 4.78 is 0. The molecule has 0 aliphatic heterocycles. The molecule has 1 atom stereocenters. The van der Waals surface area contributed by atoms with E-state index in [1.807, 2.05) is 24.3 Å². The molecule has 1 aromatic rings. The van der Waals surface area contributed by atoms with Crippen LogP contribution in [0.25, 0.3) is 0 Å². The van der Waals surface area contributed by atoms with Crippen LogP contribution in [-0.2, 0) is 0 Å². The summed E-state index contributed by atoms with van der Waals surface area (Å²) in [5.41, 5.74) is 7.23. The largest absolute Gasteiger partial charge is 0.324 e. The van der Waals surface area contributed by atoms with Crippen molar-refractivity contribution in [3.8, 4) is 0 Å². The van der Waals surface area contributed by atoms with Crippen molar-refractivity contribution in [3.05, 3.63) is 34.9 Å². The first-order valence-electron chi connectivity index (χ1n) is 5.33. The van der Waals surface area contributed by atoms with Crippen LogP contribution in [0.5, 0.6) is 0 Å². The minimum atomic E-state index is 0.108. The Kier molecular flexibility index (Phi) is 5.09. The van der Waals surface area contributed by atoms with Crippen LogP contribution in [0.2, 0.25) is 5.02 Å². The highest BCUT2D eigenvalue weighted by Gasteiger charge is 2.06. The van der Waals surface area contributed by atoms with Gasteiger partial charge < -0.3 is 10.6 Å². The molecule has 2 nitrogen and oxygen atoms in total. The molecule has 0 radical (unpaired) electrons. The fourth-order valence-corrected chi connectivity index (χ4v) is 1.52. The lowest BCUT2D eigenvalue weighted by Crippen LogP contribution is -2.23. The van der Waals surface area contributed by atoms with Gasteiger partial charge in [-0.05, 0) is 44.3 Å². The van der Waals surface area contributed by atoms with Gasteiger partial charge in [-0.2, -0.15) is 0 Å². The van der Waals surface area contributed by atoms with E-state index in [1.54, 1.807) is 0 Å². The molecule has 0 fully saturated rings. The van der Waals surface area contributed by atoms with E-state index in [1.165, 1.54) is 0 Å². The zero-order chi connectivity index (χ0) is 11.3. The van der Waals surface area contributed by atoms with Crippen LogP contribution in [0.4, 0.5) is 0 Å². The van der Waals surface area contributed by atoms with Crippen molar-refractivity contribution in [2.24, 2.45) is 5.73 Å². The van der Waals surface area contributed by atoms with Gasteiger partial charge in [0.25, 0.3) is 0 Å². The number of hydrogen-bond acceptors (Lipinski definition) is 2. The first-order valence-corrected chi connectivity index (χ1v) is 5.71. The van der Waals surface area contributed by atoms with Crippen LogP contribution >= 0.6 is 11.6 Å². The van der Waals surface area contributed by atoms with Gasteiger partial charge >= 0.3 is 0 Å². The molecular formula is C12H19ClN2. The van der Waals surface area contributed by atoms with Gasteiger partial charge in [-0.3, -0.25) is 0 Å². The summed E-state index contributed by atoms with van der Waals surface area (Å²) in [6.45, 7) is 4.24. The van der Waals surface area contributed by atoms with Gasteiger partial charge in [0.1, 0.15) is 0 Å². The van der Waals surface area contributed by atoms with Gasteiger partial charge in [-0.25, -0.2) is 0 Å². The summed E-state index contributed by atoms with van der Waals surface area (Å²) in [5, 5.41) is 0.761. The summed E-state index contributed by atoms with van der Waals surface area (Å²) in [6.07, 6.45) is 0.978. The molecule has 0 aromatic heterocycles. The second kappa shape index (κ2) is 6.11. The molecule has 84 valence electrons. The molecule has 1 unspecified atom stereocenters. The zero-order valence-electron chi connectivity index (χ0n) is 9.41. The molecular weight excluding hydrogens is 208 g/mol. The van der Waals surface area contributed by atoms with Crippen molar-refractivity contribution < 1.29 is 0 Å². The van der Waals surface area contributed by atoms with Crippen LogP contribution in [-0.4, -0.2) is 25.0 Å². The van der Waals surface area contributed by atoms with Gasteiger partial charge in [-0.1, -0.05) is 30.7 Å². The molecule has 0 heterocycles. The smallest absolute Gasteiger partial charge is 0.0406 e. The highest BCUT2D eigenvalue weighted by atomic mass is 35.5. The Balaban J connectivity index is 2.46. The SMILES string of the molecule is CCN(C)CCC(N)c1ccc(Cl)cc1. The van der Waals surface area contributed by atoms with E-state index < -0.39 is 0 Å². The van der Waals surface area contributed by atoms with Crippen LogP contribution in [0.3, 0.4) is 0 Å². The van der Waals surface area contributed by atoms with E-state index in [-0.39, 0.29) is 6.04 Å². The first-order chi connectivity index (χ1) is 7.13. The third kappa shape index (κ3) is 4.20. The molecule has 15 heavy (non-hydrogen) atoms. The maximum atomic E-state index is 6.08. The number of hydrogen-bond donors (Lipinski definition) is 1. The molecule has 0 aliphatic rings. The Morgan fingerprint density at radius 2 is 1.93 bits per heavy atom. The molecule has 0 amide bonds. The number of rotatable bonds is 5. The molecule has 2 N–H and O–H groups in total. The maximum Gasteiger partial charge on any atom is 0.0406 e. The van der Waals surface area contributed by atoms with Crippen molar-refractivity contribution in [1.29, 1.82) is 0 Å². The Morgan fingerprint density at radius 1 is 1.33 bits per heavy atom. The average molecular weight is 227 g/mol. The lowest BCUT2D eigenvalue weighted by molar-refractivity contribution is 0.335. The number of benzene rings is 1. The standard InChI is InChI=1S/C12H19ClN2/c1-3-15(2)9-8-12(14)10-4-6-11(13)7-5-10/h4-7,12H,3,8-9,14H2,1-2H3. The summed E-state index contributed by atoms with van der Waals surface area (Å²) >= 11 is 5.82. The highest BCUT2D eigenvalue weighted by Crippen LogP contribution is 2.17. The van der Waals surface area contributed by atoms with Crippen molar-refractivity contribution >= 4 is 11.6 Å². The third-order valence-electron chi connectivity index (χ3n) is 2.66. The first kappa shape index (κ1) is 12.5. The Bertz CT molecular complexity index is 284. The summed E-state index contributed by atoms with van der Waals surface area (Å²) in [6, 6.07) is 7.88. The highest BCUT2D eigenvalue weighted by molar-refractivity contribution is 6.30. The predicted octanol–water partition coefficient (Wildman–Crippen LogP) is 2.68. The van der Waals surface area contributed by atoms with E-state index in [9.17, 15) is 0 Å². The van der Waals surface area contributed by atoms with Crippen molar-refractivity contribution in [2.45, 2.75) is 19.4 Å². The molecule has 0 spiro atoms. The number of nitrogens with zero attached hydrogens (tertiary/aromatic N) is 1. The van der Waals surface area contributed by atoms with Gasteiger partial charge in [0, 0.05) is 11.1 Å². The Morgan fingerprint density at radius 3 is 2.47 bits per heavy atom. The third-order valence-corrected chi connectivity index (χ3v) is 2.91. The second-order valence-corrected chi connectivity index (χ2v) is 4.28.